The van der Waals surface area contributed by atoms with Gasteiger partial charge in [-0.15, -0.1) is 0 Å². The average Bonchev–Trinajstić information content (AvgIpc) is 3.25. The molecule has 1 fully saturated rings. The van der Waals surface area contributed by atoms with Gasteiger partial charge < -0.3 is 29.6 Å². The van der Waals surface area contributed by atoms with Gasteiger partial charge in [0.25, 0.3) is 5.91 Å². The van der Waals surface area contributed by atoms with E-state index in [0.29, 0.717) is 35.3 Å². The molecular weight excluding hydrogens is 364 g/mol. The Balaban J connectivity index is 1.71. The molecule has 150 valence electrons. The van der Waals surface area contributed by atoms with Gasteiger partial charge in [-0.05, 0) is 12.8 Å². The lowest BCUT2D eigenvalue weighted by atomic mass is 10.2. The van der Waals surface area contributed by atoms with Crippen molar-refractivity contribution in [3.05, 3.63) is 30.2 Å². The Kier molecular flexibility index (Phi) is 6.49. The first kappa shape index (κ1) is 19.7. The molecule has 28 heavy (non-hydrogen) atoms. The van der Waals surface area contributed by atoms with Crippen LogP contribution in [-0.4, -0.2) is 56.5 Å². The lowest BCUT2D eigenvalue weighted by Crippen LogP contribution is -2.20. The van der Waals surface area contributed by atoms with E-state index < -0.39 is 0 Å². The molecule has 1 aliphatic heterocycles. The van der Waals surface area contributed by atoms with E-state index in [4.69, 9.17) is 18.9 Å². The first-order chi connectivity index (χ1) is 13.6. The maximum atomic E-state index is 12.6. The maximum absolute atomic E-state index is 12.6. The molecule has 2 N–H and O–H groups in total. The average molecular weight is 388 g/mol. The Labute approximate surface area is 163 Å². The highest BCUT2D eigenvalue weighted by molar-refractivity contribution is 6.03. The molecule has 1 aliphatic rings. The zero-order valence-corrected chi connectivity index (χ0v) is 16.2. The summed E-state index contributed by atoms with van der Waals surface area (Å²) in [5.74, 6) is 1.53. The number of amides is 1. The number of nitrogens with one attached hydrogen (secondary N) is 2. The summed E-state index contributed by atoms with van der Waals surface area (Å²) in [6.07, 6.45) is 3.61. The minimum atomic E-state index is -0.378. The third-order valence-corrected chi connectivity index (χ3v) is 4.36. The van der Waals surface area contributed by atoms with Gasteiger partial charge in [-0.2, -0.15) is 0 Å². The highest BCUT2D eigenvalue weighted by Gasteiger charge is 2.17. The number of methoxy groups -OCH3 is 3. The van der Waals surface area contributed by atoms with E-state index in [1.165, 1.54) is 27.7 Å². The fourth-order valence-corrected chi connectivity index (χ4v) is 2.95. The van der Waals surface area contributed by atoms with Crippen LogP contribution in [-0.2, 0) is 4.74 Å². The van der Waals surface area contributed by atoms with E-state index in [0.717, 1.165) is 19.4 Å². The van der Waals surface area contributed by atoms with Gasteiger partial charge >= 0.3 is 0 Å². The molecule has 9 nitrogen and oxygen atoms in total. The van der Waals surface area contributed by atoms with Crippen LogP contribution >= 0.6 is 0 Å². The van der Waals surface area contributed by atoms with Crippen LogP contribution in [0.25, 0.3) is 0 Å². The Morgan fingerprint density at radius 2 is 1.89 bits per heavy atom. The molecule has 1 amide bonds. The molecule has 0 spiro atoms. The van der Waals surface area contributed by atoms with Gasteiger partial charge in [0, 0.05) is 37.0 Å². The summed E-state index contributed by atoms with van der Waals surface area (Å²) >= 11 is 0. The third-order valence-electron chi connectivity index (χ3n) is 4.36. The number of ether oxygens (including phenoxy) is 4. The monoisotopic (exact) mass is 388 g/mol. The van der Waals surface area contributed by atoms with Gasteiger partial charge in [-0.1, -0.05) is 0 Å². The largest absolute Gasteiger partial charge is 0.493 e. The number of carbonyl (C=O) groups is 1. The number of aromatic nitrogens is 2. The normalized spacial score (nSPS) is 15.8. The molecule has 0 radical (unpaired) electrons. The Hall–Kier alpha value is -3.07. The molecule has 1 aromatic heterocycles. The number of anilines is 2. The summed E-state index contributed by atoms with van der Waals surface area (Å²) < 4.78 is 21.5. The fraction of sp³-hybridized carbons (Fsp3) is 0.421. The van der Waals surface area contributed by atoms with Crippen molar-refractivity contribution < 1.29 is 23.7 Å². The molecule has 1 atom stereocenters. The molecule has 1 unspecified atom stereocenters. The maximum Gasteiger partial charge on any atom is 0.274 e. The Morgan fingerprint density at radius 3 is 2.50 bits per heavy atom. The van der Waals surface area contributed by atoms with Gasteiger partial charge in [0.05, 0.1) is 27.4 Å². The number of nitrogens with zero attached hydrogens (tertiary/aromatic N) is 2. The zero-order chi connectivity index (χ0) is 19.9. The lowest BCUT2D eigenvalue weighted by Gasteiger charge is -2.15. The van der Waals surface area contributed by atoms with Crippen LogP contribution in [0.1, 0.15) is 23.3 Å². The quantitative estimate of drug-likeness (QED) is 0.710. The first-order valence-corrected chi connectivity index (χ1v) is 8.93. The number of benzene rings is 1. The van der Waals surface area contributed by atoms with E-state index >= 15 is 0 Å². The number of hydrogen-bond donors (Lipinski definition) is 2. The van der Waals surface area contributed by atoms with Crippen LogP contribution in [0.3, 0.4) is 0 Å². The van der Waals surface area contributed by atoms with Crippen molar-refractivity contribution in [1.82, 2.24) is 9.97 Å². The topological polar surface area (TPSA) is 104 Å². The van der Waals surface area contributed by atoms with Crippen LogP contribution in [0.5, 0.6) is 17.2 Å². The number of hydrogen-bond acceptors (Lipinski definition) is 8. The van der Waals surface area contributed by atoms with E-state index in [1.54, 1.807) is 18.2 Å². The summed E-state index contributed by atoms with van der Waals surface area (Å²) in [6, 6.07) is 4.90. The third kappa shape index (κ3) is 4.61. The van der Waals surface area contributed by atoms with Crippen molar-refractivity contribution in [3.63, 3.8) is 0 Å². The summed E-state index contributed by atoms with van der Waals surface area (Å²) in [6.45, 7) is 1.43. The smallest absolute Gasteiger partial charge is 0.274 e. The SMILES string of the molecule is COc1cc(NC(=O)c2cc(NCC3CCCO3)ncn2)cc(OC)c1OC. The van der Waals surface area contributed by atoms with Crippen LogP contribution in [0, 0.1) is 0 Å². The van der Waals surface area contributed by atoms with Gasteiger partial charge in [-0.25, -0.2) is 9.97 Å². The van der Waals surface area contributed by atoms with E-state index in [2.05, 4.69) is 20.6 Å². The first-order valence-electron chi connectivity index (χ1n) is 8.93. The highest BCUT2D eigenvalue weighted by atomic mass is 16.5. The van der Waals surface area contributed by atoms with Crippen molar-refractivity contribution in [3.8, 4) is 17.2 Å². The minimum absolute atomic E-state index is 0.173. The van der Waals surface area contributed by atoms with Crippen molar-refractivity contribution >= 4 is 17.4 Å². The van der Waals surface area contributed by atoms with Gasteiger partial charge in [0.15, 0.2) is 11.5 Å². The van der Waals surface area contributed by atoms with E-state index in [-0.39, 0.29) is 17.7 Å². The molecule has 9 heteroatoms. The number of rotatable bonds is 8. The van der Waals surface area contributed by atoms with Gasteiger partial charge in [0.1, 0.15) is 17.8 Å². The van der Waals surface area contributed by atoms with E-state index in [1.807, 2.05) is 0 Å². The van der Waals surface area contributed by atoms with Crippen molar-refractivity contribution in [2.24, 2.45) is 0 Å². The van der Waals surface area contributed by atoms with Crippen molar-refractivity contribution in [1.29, 1.82) is 0 Å². The molecule has 1 saturated heterocycles. The fourth-order valence-electron chi connectivity index (χ4n) is 2.95. The molecule has 1 aromatic carbocycles. The van der Waals surface area contributed by atoms with Crippen LogP contribution < -0.4 is 24.8 Å². The Morgan fingerprint density at radius 1 is 1.14 bits per heavy atom. The van der Waals surface area contributed by atoms with E-state index in [9.17, 15) is 4.79 Å². The second-order valence-electron chi connectivity index (χ2n) is 6.17. The van der Waals surface area contributed by atoms with Crippen LogP contribution in [0.15, 0.2) is 24.5 Å². The van der Waals surface area contributed by atoms with Gasteiger partial charge in [-0.3, -0.25) is 4.79 Å². The zero-order valence-electron chi connectivity index (χ0n) is 16.2. The summed E-state index contributed by atoms with van der Waals surface area (Å²) in [7, 11) is 4.54. The molecule has 0 saturated carbocycles. The molecule has 0 aliphatic carbocycles. The molecule has 3 rings (SSSR count). The number of carbonyl (C=O) groups excluding carboxylic acids is 1. The second-order valence-corrected chi connectivity index (χ2v) is 6.17. The summed E-state index contributed by atoms with van der Waals surface area (Å²) in [4.78, 5) is 20.8. The lowest BCUT2D eigenvalue weighted by molar-refractivity contribution is 0.102. The van der Waals surface area contributed by atoms with Gasteiger partial charge in [0.2, 0.25) is 5.75 Å². The van der Waals surface area contributed by atoms with Crippen molar-refractivity contribution in [2.45, 2.75) is 18.9 Å². The molecular formula is C19H24N4O5. The molecule has 2 aromatic rings. The predicted molar refractivity (Wildman–Crippen MR) is 104 cm³/mol. The minimum Gasteiger partial charge on any atom is -0.493 e. The summed E-state index contributed by atoms with van der Waals surface area (Å²) in [5.41, 5.74) is 0.727. The highest BCUT2D eigenvalue weighted by Crippen LogP contribution is 2.40. The second kappa shape index (κ2) is 9.23. The van der Waals surface area contributed by atoms with Crippen LogP contribution in [0.4, 0.5) is 11.5 Å². The predicted octanol–water partition coefficient (Wildman–Crippen LogP) is 2.35. The Bertz CT molecular complexity index is 799. The standard InChI is InChI=1S/C19H24N4O5/c1-25-15-7-12(8-16(26-2)18(15)27-3)23-19(24)14-9-17(22-11-21-14)20-10-13-5-4-6-28-13/h7-9,11,13H,4-6,10H2,1-3H3,(H,23,24)(H,20,21,22). The molecule has 2 heterocycles. The van der Waals surface area contributed by atoms with Crippen molar-refractivity contribution in [2.75, 3.05) is 45.1 Å². The summed E-state index contributed by atoms with van der Waals surface area (Å²) in [5, 5.41) is 5.97. The molecule has 0 bridgehead atoms. The van der Waals surface area contributed by atoms with Crippen LogP contribution in [0.2, 0.25) is 0 Å².